The van der Waals surface area contributed by atoms with Crippen LogP contribution in [0.2, 0.25) is 0 Å². The maximum atomic E-state index is 11.8. The standard InChI is InChI=1S/C13H19N3O2.2ClH/c1-13(2,14)12(17)15-9-4-5-11-10(8-9)16(3)6-7-18-11;;/h4-5,8H,6-7,14H2,1-3H3,(H,15,17);2*1H. The molecule has 0 saturated heterocycles. The molecule has 0 aliphatic carbocycles. The molecule has 1 heterocycles. The van der Waals surface area contributed by atoms with Gasteiger partial charge in [0.05, 0.1) is 17.8 Å². The lowest BCUT2D eigenvalue weighted by atomic mass is 10.1. The van der Waals surface area contributed by atoms with E-state index in [1.54, 1.807) is 13.8 Å². The largest absolute Gasteiger partial charge is 0.490 e. The first kappa shape index (κ1) is 18.8. The monoisotopic (exact) mass is 321 g/mol. The predicted octanol–water partition coefficient (Wildman–Crippen LogP) is 2.03. The van der Waals surface area contributed by atoms with Crippen molar-refractivity contribution in [3.05, 3.63) is 18.2 Å². The van der Waals surface area contributed by atoms with Crippen molar-refractivity contribution in [3.63, 3.8) is 0 Å². The fourth-order valence-electron chi connectivity index (χ4n) is 1.72. The average Bonchev–Trinajstić information content (AvgIpc) is 2.29. The van der Waals surface area contributed by atoms with Gasteiger partial charge in [0.25, 0.3) is 0 Å². The summed E-state index contributed by atoms with van der Waals surface area (Å²) in [6.07, 6.45) is 0. The van der Waals surface area contributed by atoms with E-state index in [9.17, 15) is 4.79 Å². The molecular weight excluding hydrogens is 301 g/mol. The number of hydrogen-bond acceptors (Lipinski definition) is 4. The van der Waals surface area contributed by atoms with Gasteiger partial charge in [-0.2, -0.15) is 0 Å². The van der Waals surface area contributed by atoms with Gasteiger partial charge in [0.1, 0.15) is 12.4 Å². The summed E-state index contributed by atoms with van der Waals surface area (Å²) in [5, 5.41) is 2.81. The molecule has 0 fully saturated rings. The number of hydrogen-bond donors (Lipinski definition) is 2. The summed E-state index contributed by atoms with van der Waals surface area (Å²) in [6, 6.07) is 5.59. The van der Waals surface area contributed by atoms with Gasteiger partial charge in [-0.3, -0.25) is 4.79 Å². The number of halogens is 2. The molecule has 0 unspecified atom stereocenters. The molecule has 2 rings (SSSR count). The van der Waals surface area contributed by atoms with Crippen LogP contribution in [0.5, 0.6) is 5.75 Å². The number of ether oxygens (including phenoxy) is 1. The Kier molecular flexibility index (Phi) is 6.61. The second kappa shape index (κ2) is 7.02. The van der Waals surface area contributed by atoms with Crippen LogP contribution in [0, 0.1) is 0 Å². The first-order chi connectivity index (χ1) is 8.38. The van der Waals surface area contributed by atoms with Crippen LogP contribution in [0.3, 0.4) is 0 Å². The van der Waals surface area contributed by atoms with Gasteiger partial charge in [0.2, 0.25) is 5.91 Å². The predicted molar refractivity (Wildman–Crippen MR) is 86.6 cm³/mol. The Hall–Kier alpha value is -1.17. The number of carbonyl (C=O) groups excluding carboxylic acids is 1. The van der Waals surface area contributed by atoms with Crippen molar-refractivity contribution in [1.29, 1.82) is 0 Å². The summed E-state index contributed by atoms with van der Waals surface area (Å²) in [7, 11) is 2.00. The van der Waals surface area contributed by atoms with E-state index in [1.165, 1.54) is 0 Å². The number of nitrogens with zero attached hydrogens (tertiary/aromatic N) is 1. The highest BCUT2D eigenvalue weighted by molar-refractivity contribution is 5.97. The molecule has 0 radical (unpaired) electrons. The third-order valence-electron chi connectivity index (χ3n) is 2.90. The van der Waals surface area contributed by atoms with E-state index in [0.717, 1.165) is 23.7 Å². The number of carbonyl (C=O) groups is 1. The number of fused-ring (bicyclic) bond motifs is 1. The lowest BCUT2D eigenvalue weighted by molar-refractivity contribution is -0.120. The summed E-state index contributed by atoms with van der Waals surface area (Å²) >= 11 is 0. The highest BCUT2D eigenvalue weighted by Gasteiger charge is 2.22. The van der Waals surface area contributed by atoms with Crippen molar-refractivity contribution in [1.82, 2.24) is 0 Å². The molecule has 3 N–H and O–H groups in total. The number of likely N-dealkylation sites (N-methyl/N-ethyl adjacent to an activating group) is 1. The second-order valence-electron chi connectivity index (χ2n) is 5.13. The van der Waals surface area contributed by atoms with Crippen LogP contribution in [-0.4, -0.2) is 31.6 Å². The first-order valence-corrected chi connectivity index (χ1v) is 5.96. The van der Waals surface area contributed by atoms with Gasteiger partial charge < -0.3 is 20.7 Å². The first-order valence-electron chi connectivity index (χ1n) is 5.96. The normalized spacial score (nSPS) is 13.3. The Morgan fingerprint density at radius 1 is 1.40 bits per heavy atom. The van der Waals surface area contributed by atoms with Crippen molar-refractivity contribution in [2.45, 2.75) is 19.4 Å². The molecular formula is C13H21Cl2N3O2. The van der Waals surface area contributed by atoms with Gasteiger partial charge >= 0.3 is 0 Å². The van der Waals surface area contributed by atoms with Crippen molar-refractivity contribution in [2.75, 3.05) is 30.4 Å². The van der Waals surface area contributed by atoms with Crippen LogP contribution in [0.15, 0.2) is 18.2 Å². The summed E-state index contributed by atoms with van der Waals surface area (Å²) < 4.78 is 5.54. The SMILES string of the molecule is CN1CCOc2ccc(NC(=O)C(C)(C)N)cc21.Cl.Cl. The van der Waals surface area contributed by atoms with E-state index < -0.39 is 5.54 Å². The molecule has 0 aromatic heterocycles. The van der Waals surface area contributed by atoms with Crippen molar-refractivity contribution in [2.24, 2.45) is 5.73 Å². The van der Waals surface area contributed by atoms with Gasteiger partial charge in [-0.1, -0.05) is 0 Å². The van der Waals surface area contributed by atoms with Gasteiger partial charge in [-0.05, 0) is 32.0 Å². The smallest absolute Gasteiger partial charge is 0.243 e. The Morgan fingerprint density at radius 2 is 2.05 bits per heavy atom. The van der Waals surface area contributed by atoms with Gasteiger partial charge in [-0.25, -0.2) is 0 Å². The molecule has 20 heavy (non-hydrogen) atoms. The number of nitrogens with two attached hydrogens (primary N) is 1. The van der Waals surface area contributed by atoms with E-state index in [0.29, 0.717) is 6.61 Å². The molecule has 7 heteroatoms. The Labute approximate surface area is 131 Å². The van der Waals surface area contributed by atoms with E-state index in [1.807, 2.05) is 25.2 Å². The number of anilines is 2. The van der Waals surface area contributed by atoms with Crippen LogP contribution >= 0.6 is 24.8 Å². The maximum absolute atomic E-state index is 11.8. The molecule has 0 atom stereocenters. The number of rotatable bonds is 2. The summed E-state index contributed by atoms with van der Waals surface area (Å²) in [5.74, 6) is 0.635. The van der Waals surface area contributed by atoms with Crippen LogP contribution in [0.4, 0.5) is 11.4 Å². The molecule has 0 spiro atoms. The Bertz CT molecular complexity index is 475. The third-order valence-corrected chi connectivity index (χ3v) is 2.90. The van der Waals surface area contributed by atoms with E-state index in [4.69, 9.17) is 10.5 Å². The third kappa shape index (κ3) is 4.16. The summed E-state index contributed by atoms with van der Waals surface area (Å²) in [4.78, 5) is 13.9. The van der Waals surface area contributed by atoms with E-state index in [2.05, 4.69) is 10.2 Å². The van der Waals surface area contributed by atoms with Crippen molar-refractivity contribution in [3.8, 4) is 5.75 Å². The van der Waals surface area contributed by atoms with Gasteiger partial charge in [0.15, 0.2) is 0 Å². The topological polar surface area (TPSA) is 67.6 Å². The van der Waals surface area contributed by atoms with Crippen molar-refractivity contribution < 1.29 is 9.53 Å². The van der Waals surface area contributed by atoms with E-state index >= 15 is 0 Å². The molecule has 1 aliphatic heterocycles. The summed E-state index contributed by atoms with van der Waals surface area (Å²) in [6.45, 7) is 4.88. The zero-order valence-electron chi connectivity index (χ0n) is 11.8. The minimum Gasteiger partial charge on any atom is -0.490 e. The quantitative estimate of drug-likeness (QED) is 0.874. The lowest BCUT2D eigenvalue weighted by Gasteiger charge is -2.28. The number of amides is 1. The molecule has 5 nitrogen and oxygen atoms in total. The highest BCUT2D eigenvalue weighted by atomic mass is 35.5. The van der Waals surface area contributed by atoms with Gasteiger partial charge in [-0.15, -0.1) is 24.8 Å². The minimum absolute atomic E-state index is 0. The molecule has 1 amide bonds. The molecule has 1 aliphatic rings. The van der Waals surface area contributed by atoms with Crippen LogP contribution in [-0.2, 0) is 4.79 Å². The molecule has 0 saturated carbocycles. The lowest BCUT2D eigenvalue weighted by Crippen LogP contribution is -2.45. The molecule has 0 bridgehead atoms. The molecule has 114 valence electrons. The summed E-state index contributed by atoms with van der Waals surface area (Å²) in [5.41, 5.74) is 6.57. The Balaban J connectivity index is 0.00000180. The van der Waals surface area contributed by atoms with Crippen LogP contribution in [0.25, 0.3) is 0 Å². The second-order valence-corrected chi connectivity index (χ2v) is 5.13. The minimum atomic E-state index is -0.891. The fourth-order valence-corrected chi connectivity index (χ4v) is 1.72. The maximum Gasteiger partial charge on any atom is 0.243 e. The Morgan fingerprint density at radius 3 is 2.65 bits per heavy atom. The van der Waals surface area contributed by atoms with Gasteiger partial charge in [0, 0.05) is 12.7 Å². The zero-order valence-corrected chi connectivity index (χ0v) is 13.4. The average molecular weight is 322 g/mol. The fraction of sp³-hybridized carbons (Fsp3) is 0.462. The highest BCUT2D eigenvalue weighted by Crippen LogP contribution is 2.33. The van der Waals surface area contributed by atoms with Crippen LogP contribution < -0.4 is 20.7 Å². The number of benzene rings is 1. The molecule has 1 aromatic rings. The molecule has 1 aromatic carbocycles. The zero-order chi connectivity index (χ0) is 13.3. The van der Waals surface area contributed by atoms with Crippen LogP contribution in [0.1, 0.15) is 13.8 Å². The number of nitrogens with one attached hydrogen (secondary N) is 1. The van der Waals surface area contributed by atoms with Crippen molar-refractivity contribution >= 4 is 42.1 Å². The van der Waals surface area contributed by atoms with E-state index in [-0.39, 0.29) is 30.7 Å².